The zero-order valence-corrected chi connectivity index (χ0v) is 10.3. The minimum absolute atomic E-state index is 0.206. The number of carbonyl (C=O) groups excluding carboxylic acids is 1. The van der Waals surface area contributed by atoms with Crippen LogP contribution in [-0.4, -0.2) is 30.6 Å². The lowest BCUT2D eigenvalue weighted by molar-refractivity contribution is -0.142. The van der Waals surface area contributed by atoms with E-state index in [-0.39, 0.29) is 5.82 Å². The Morgan fingerprint density at radius 3 is 2.89 bits per heavy atom. The smallest absolute Gasteiger partial charge is 0.419 e. The quantitative estimate of drug-likeness (QED) is 0.776. The van der Waals surface area contributed by atoms with Crippen LogP contribution in [0.4, 0.5) is 19.0 Å². The van der Waals surface area contributed by atoms with Crippen molar-refractivity contribution in [2.24, 2.45) is 0 Å². The zero-order valence-electron chi connectivity index (χ0n) is 10.3. The molecule has 2 heterocycles. The van der Waals surface area contributed by atoms with Gasteiger partial charge in [-0.25, -0.2) is 9.78 Å². The van der Waals surface area contributed by atoms with Gasteiger partial charge in [0.05, 0.1) is 12.7 Å². The fourth-order valence-corrected chi connectivity index (χ4v) is 2.25. The maximum atomic E-state index is 12.9. The average Bonchev–Trinajstić information content (AvgIpc) is 2.86. The molecule has 1 unspecified atom stereocenters. The predicted molar refractivity (Wildman–Crippen MR) is 61.6 cm³/mol. The van der Waals surface area contributed by atoms with Gasteiger partial charge in [-0.05, 0) is 25.0 Å². The summed E-state index contributed by atoms with van der Waals surface area (Å²) in [6, 6.07) is 1.51. The first kappa shape index (κ1) is 13.6. The Hall–Kier alpha value is -1.79. The molecule has 1 aromatic heterocycles. The highest BCUT2D eigenvalue weighted by Crippen LogP contribution is 2.37. The number of nitrogens with zero attached hydrogens (tertiary/aromatic N) is 2. The molecule has 1 aromatic rings. The standard InChI is InChI=1S/C12H13F3N2O2/c1-19-11(18)9-5-3-7-17(9)10-8(12(13,14)15)4-2-6-16-10/h2,4,6,9H,3,5,7H2,1H3. The summed E-state index contributed by atoms with van der Waals surface area (Å²) < 4.78 is 43.4. The maximum Gasteiger partial charge on any atom is 0.419 e. The first-order valence-electron chi connectivity index (χ1n) is 5.82. The summed E-state index contributed by atoms with van der Waals surface area (Å²) in [7, 11) is 1.22. The minimum Gasteiger partial charge on any atom is -0.467 e. The van der Waals surface area contributed by atoms with E-state index in [9.17, 15) is 18.0 Å². The molecule has 2 rings (SSSR count). The SMILES string of the molecule is COC(=O)C1CCCN1c1ncccc1C(F)(F)F. The summed E-state index contributed by atoms with van der Waals surface area (Å²) in [5.41, 5.74) is -0.828. The second-order valence-electron chi connectivity index (χ2n) is 4.25. The second-order valence-corrected chi connectivity index (χ2v) is 4.25. The molecule has 4 nitrogen and oxygen atoms in total. The number of esters is 1. The molecule has 0 aromatic carbocycles. The molecule has 1 atom stereocenters. The van der Waals surface area contributed by atoms with Gasteiger partial charge in [0.2, 0.25) is 0 Å². The lowest BCUT2D eigenvalue weighted by Crippen LogP contribution is -2.38. The minimum atomic E-state index is -4.49. The van der Waals surface area contributed by atoms with Crippen LogP contribution < -0.4 is 4.90 Å². The molecule has 0 saturated carbocycles. The van der Waals surface area contributed by atoms with Gasteiger partial charge in [0.1, 0.15) is 11.9 Å². The molecule has 19 heavy (non-hydrogen) atoms. The number of methoxy groups -OCH3 is 1. The molecule has 0 bridgehead atoms. The molecular formula is C12H13F3N2O2. The average molecular weight is 274 g/mol. The van der Waals surface area contributed by atoms with Crippen LogP contribution in [0.3, 0.4) is 0 Å². The highest BCUT2D eigenvalue weighted by molar-refractivity contribution is 5.80. The van der Waals surface area contributed by atoms with Crippen molar-refractivity contribution in [2.45, 2.75) is 25.1 Å². The summed E-state index contributed by atoms with van der Waals surface area (Å²) in [5, 5.41) is 0. The van der Waals surface area contributed by atoms with Crippen LogP contribution in [0.1, 0.15) is 18.4 Å². The van der Waals surface area contributed by atoms with Crippen LogP contribution in [0.25, 0.3) is 0 Å². The number of alkyl halides is 3. The van der Waals surface area contributed by atoms with Crippen LogP contribution >= 0.6 is 0 Å². The highest BCUT2D eigenvalue weighted by Gasteiger charge is 2.40. The van der Waals surface area contributed by atoms with E-state index in [4.69, 9.17) is 0 Å². The van der Waals surface area contributed by atoms with Gasteiger partial charge in [-0.3, -0.25) is 0 Å². The molecular weight excluding hydrogens is 261 g/mol. The van der Waals surface area contributed by atoms with Gasteiger partial charge in [-0.1, -0.05) is 0 Å². The number of carbonyl (C=O) groups is 1. The van der Waals surface area contributed by atoms with Crippen molar-refractivity contribution < 1.29 is 22.7 Å². The van der Waals surface area contributed by atoms with Gasteiger partial charge in [-0.2, -0.15) is 13.2 Å². The third kappa shape index (κ3) is 2.64. The number of anilines is 1. The van der Waals surface area contributed by atoms with Crippen molar-refractivity contribution in [3.63, 3.8) is 0 Å². The Labute approximate surface area is 108 Å². The summed E-state index contributed by atoms with van der Waals surface area (Å²) in [6.45, 7) is 0.361. The van der Waals surface area contributed by atoms with Gasteiger partial charge in [0, 0.05) is 12.7 Å². The molecule has 1 aliphatic heterocycles. The number of hydrogen-bond acceptors (Lipinski definition) is 4. The number of hydrogen-bond donors (Lipinski definition) is 0. The van der Waals surface area contributed by atoms with Crippen LogP contribution in [-0.2, 0) is 15.7 Å². The van der Waals surface area contributed by atoms with Crippen molar-refractivity contribution in [1.82, 2.24) is 4.98 Å². The van der Waals surface area contributed by atoms with Crippen LogP contribution in [0.5, 0.6) is 0 Å². The van der Waals surface area contributed by atoms with Crippen LogP contribution in [0.2, 0.25) is 0 Å². The van der Waals surface area contributed by atoms with Gasteiger partial charge in [0.25, 0.3) is 0 Å². The van der Waals surface area contributed by atoms with Gasteiger partial charge in [0.15, 0.2) is 0 Å². The Balaban J connectivity index is 2.39. The van der Waals surface area contributed by atoms with E-state index >= 15 is 0 Å². The number of aromatic nitrogens is 1. The summed E-state index contributed by atoms with van der Waals surface area (Å²) in [5.74, 6) is -0.737. The highest BCUT2D eigenvalue weighted by atomic mass is 19.4. The Morgan fingerprint density at radius 1 is 1.53 bits per heavy atom. The molecule has 1 saturated heterocycles. The topological polar surface area (TPSA) is 42.4 Å². The molecule has 104 valence electrons. The Bertz CT molecular complexity index is 476. The second kappa shape index (κ2) is 5.07. The van der Waals surface area contributed by atoms with E-state index in [0.29, 0.717) is 19.4 Å². The van der Waals surface area contributed by atoms with Crippen molar-refractivity contribution in [2.75, 3.05) is 18.6 Å². The Morgan fingerprint density at radius 2 is 2.26 bits per heavy atom. The first-order valence-corrected chi connectivity index (χ1v) is 5.82. The van der Waals surface area contributed by atoms with E-state index in [1.165, 1.54) is 24.3 Å². The third-order valence-electron chi connectivity index (χ3n) is 3.09. The lowest BCUT2D eigenvalue weighted by Gasteiger charge is -2.26. The van der Waals surface area contributed by atoms with Crippen LogP contribution in [0.15, 0.2) is 18.3 Å². The largest absolute Gasteiger partial charge is 0.467 e. The normalized spacial score (nSPS) is 19.6. The summed E-state index contributed by atoms with van der Waals surface area (Å²) in [6.07, 6.45) is -2.10. The molecule has 0 N–H and O–H groups in total. The number of ether oxygens (including phenoxy) is 1. The molecule has 1 aliphatic rings. The van der Waals surface area contributed by atoms with E-state index < -0.39 is 23.8 Å². The molecule has 0 radical (unpaired) electrons. The van der Waals surface area contributed by atoms with Crippen LogP contribution in [0, 0.1) is 0 Å². The summed E-state index contributed by atoms with van der Waals surface area (Å²) in [4.78, 5) is 16.7. The molecule has 0 amide bonds. The van der Waals surface area contributed by atoms with Crippen molar-refractivity contribution >= 4 is 11.8 Å². The number of halogens is 3. The Kier molecular flexibility index (Phi) is 3.64. The zero-order chi connectivity index (χ0) is 14.0. The maximum absolute atomic E-state index is 12.9. The van der Waals surface area contributed by atoms with E-state index in [1.807, 2.05) is 0 Å². The van der Waals surface area contributed by atoms with Gasteiger partial charge in [-0.15, -0.1) is 0 Å². The van der Waals surface area contributed by atoms with Gasteiger partial charge < -0.3 is 9.64 Å². The fraction of sp³-hybridized carbons (Fsp3) is 0.500. The third-order valence-corrected chi connectivity index (χ3v) is 3.09. The van der Waals surface area contributed by atoms with E-state index in [1.54, 1.807) is 0 Å². The van der Waals surface area contributed by atoms with E-state index in [0.717, 1.165) is 6.07 Å². The molecule has 0 aliphatic carbocycles. The molecule has 0 spiro atoms. The fourth-order valence-electron chi connectivity index (χ4n) is 2.25. The van der Waals surface area contributed by atoms with Crippen molar-refractivity contribution in [3.05, 3.63) is 23.9 Å². The van der Waals surface area contributed by atoms with Gasteiger partial charge >= 0.3 is 12.1 Å². The predicted octanol–water partition coefficient (Wildman–Crippen LogP) is 2.24. The van der Waals surface area contributed by atoms with Crippen molar-refractivity contribution in [1.29, 1.82) is 0 Å². The van der Waals surface area contributed by atoms with E-state index in [2.05, 4.69) is 9.72 Å². The monoisotopic (exact) mass is 274 g/mol. The summed E-state index contributed by atoms with van der Waals surface area (Å²) >= 11 is 0. The van der Waals surface area contributed by atoms with Crippen molar-refractivity contribution in [3.8, 4) is 0 Å². The number of rotatable bonds is 2. The number of pyridine rings is 1. The first-order chi connectivity index (χ1) is 8.95. The lowest BCUT2D eigenvalue weighted by atomic mass is 10.2. The molecule has 7 heteroatoms. The molecule has 1 fully saturated rings.